The van der Waals surface area contributed by atoms with E-state index < -0.39 is 0 Å². The third kappa shape index (κ3) is 4.16. The van der Waals surface area contributed by atoms with Crippen LogP contribution in [0, 0.1) is 0 Å². The monoisotopic (exact) mass is 507 g/mol. The van der Waals surface area contributed by atoms with Crippen LogP contribution in [-0.4, -0.2) is 55.5 Å². The molecule has 1 saturated heterocycles. The van der Waals surface area contributed by atoms with Crippen LogP contribution < -0.4 is 15.5 Å². The number of aromatic nitrogens is 6. The summed E-state index contributed by atoms with van der Waals surface area (Å²) in [5.74, 6) is 1.28. The molecule has 4 aromatic rings. The number of aryl methyl sites for hydroxylation is 1. The Morgan fingerprint density at radius 2 is 1.71 bits per heavy atom. The van der Waals surface area contributed by atoms with E-state index in [1.807, 2.05) is 36.4 Å². The zero-order valence-corrected chi connectivity index (χ0v) is 21.8. The fraction of sp³-hybridized carbons (Fsp3) is 0.379. The third-order valence-corrected chi connectivity index (χ3v) is 7.86. The van der Waals surface area contributed by atoms with Gasteiger partial charge in [0.05, 0.1) is 35.5 Å². The van der Waals surface area contributed by atoms with Crippen molar-refractivity contribution >= 4 is 34.1 Å². The molecule has 4 aromatic heterocycles. The first-order valence-electron chi connectivity index (χ1n) is 13.7. The van der Waals surface area contributed by atoms with Crippen LogP contribution in [-0.2, 0) is 7.05 Å². The van der Waals surface area contributed by atoms with Gasteiger partial charge in [-0.15, -0.1) is 5.10 Å². The second kappa shape index (κ2) is 9.72. The molecule has 9 nitrogen and oxygen atoms in total. The Hall–Kier alpha value is -3.98. The SMILES string of the molecule is Cn1cc(-c2c(C3=CCCC3)c3cnc(Nc4ccc(N5CCNCC5)cn4)nn3c2C2=CCCC2)cn1. The van der Waals surface area contributed by atoms with E-state index in [4.69, 9.17) is 10.1 Å². The highest BCUT2D eigenvalue weighted by molar-refractivity contribution is 5.97. The van der Waals surface area contributed by atoms with E-state index in [0.717, 1.165) is 74.4 Å². The lowest BCUT2D eigenvalue weighted by Gasteiger charge is -2.29. The molecule has 0 unspecified atom stereocenters. The van der Waals surface area contributed by atoms with Gasteiger partial charge in [0.15, 0.2) is 0 Å². The zero-order chi connectivity index (χ0) is 25.5. The molecule has 0 spiro atoms. The molecule has 0 saturated carbocycles. The van der Waals surface area contributed by atoms with E-state index >= 15 is 0 Å². The quantitative estimate of drug-likeness (QED) is 0.387. The van der Waals surface area contributed by atoms with E-state index in [1.54, 1.807) is 0 Å². The topological polar surface area (TPSA) is 88.2 Å². The molecule has 1 fully saturated rings. The Morgan fingerprint density at radius 1 is 0.895 bits per heavy atom. The molecule has 0 atom stereocenters. The largest absolute Gasteiger partial charge is 0.368 e. The molecule has 2 N–H and O–H groups in total. The summed E-state index contributed by atoms with van der Waals surface area (Å²) in [4.78, 5) is 11.8. The van der Waals surface area contributed by atoms with Gasteiger partial charge in [-0.25, -0.2) is 14.5 Å². The molecule has 2 aliphatic carbocycles. The highest BCUT2D eigenvalue weighted by atomic mass is 15.3. The van der Waals surface area contributed by atoms with Crippen molar-refractivity contribution in [3.05, 3.63) is 60.3 Å². The molecule has 5 heterocycles. The summed E-state index contributed by atoms with van der Waals surface area (Å²) in [6.07, 6.45) is 19.5. The fourth-order valence-corrected chi connectivity index (χ4v) is 6.02. The molecule has 3 aliphatic rings. The predicted molar refractivity (Wildman–Crippen MR) is 151 cm³/mol. The molecule has 194 valence electrons. The van der Waals surface area contributed by atoms with E-state index in [9.17, 15) is 0 Å². The highest BCUT2D eigenvalue weighted by Crippen LogP contribution is 2.45. The Kier molecular flexibility index (Phi) is 5.92. The van der Waals surface area contributed by atoms with Crippen LogP contribution in [0.25, 0.3) is 27.8 Å². The number of rotatable bonds is 6. The minimum absolute atomic E-state index is 0.541. The lowest BCUT2D eigenvalue weighted by Crippen LogP contribution is -2.43. The lowest BCUT2D eigenvalue weighted by molar-refractivity contribution is 0.589. The average Bonchev–Trinajstić information content (AvgIpc) is 3.76. The van der Waals surface area contributed by atoms with E-state index in [2.05, 4.69) is 54.5 Å². The lowest BCUT2D eigenvalue weighted by atomic mass is 9.94. The smallest absolute Gasteiger partial charge is 0.246 e. The first-order valence-corrected chi connectivity index (χ1v) is 13.7. The van der Waals surface area contributed by atoms with Gasteiger partial charge < -0.3 is 15.5 Å². The van der Waals surface area contributed by atoms with Crippen LogP contribution in [0.3, 0.4) is 0 Å². The summed E-state index contributed by atoms with van der Waals surface area (Å²) < 4.78 is 3.99. The number of hydrogen-bond donors (Lipinski definition) is 2. The summed E-state index contributed by atoms with van der Waals surface area (Å²) in [6.45, 7) is 4.00. The van der Waals surface area contributed by atoms with Crippen molar-refractivity contribution in [2.75, 3.05) is 36.4 Å². The standard InChI is InChI=1S/C29H33N9/c1-36-19-22(16-33-36)27-26(20-6-2-3-7-20)24-18-32-29(35-38(24)28(27)21-8-4-5-9-21)34-25-11-10-23(17-31-25)37-14-12-30-13-15-37/h6,8,10-11,16-19,30H,2-5,7,9,12-15H2,1H3,(H,31,34,35). The van der Waals surface area contributed by atoms with Gasteiger partial charge in [-0.1, -0.05) is 12.2 Å². The van der Waals surface area contributed by atoms with Gasteiger partial charge in [-0.2, -0.15) is 5.10 Å². The molecular weight excluding hydrogens is 474 g/mol. The van der Waals surface area contributed by atoms with Crippen molar-refractivity contribution in [1.29, 1.82) is 0 Å². The van der Waals surface area contributed by atoms with Gasteiger partial charge >= 0.3 is 0 Å². The van der Waals surface area contributed by atoms with Gasteiger partial charge in [0, 0.05) is 56.1 Å². The number of pyridine rings is 1. The van der Waals surface area contributed by atoms with Gasteiger partial charge in [0.2, 0.25) is 5.95 Å². The summed E-state index contributed by atoms with van der Waals surface area (Å²) in [5.41, 5.74) is 9.71. The molecule has 0 aromatic carbocycles. The van der Waals surface area contributed by atoms with Crippen LogP contribution >= 0.6 is 0 Å². The minimum Gasteiger partial charge on any atom is -0.368 e. The van der Waals surface area contributed by atoms with Gasteiger partial charge in [0.25, 0.3) is 0 Å². The molecular formula is C29H33N9. The predicted octanol–water partition coefficient (Wildman–Crippen LogP) is 4.81. The molecule has 0 amide bonds. The molecule has 1 aliphatic heterocycles. The number of nitrogens with zero attached hydrogens (tertiary/aromatic N) is 7. The first-order chi connectivity index (χ1) is 18.7. The van der Waals surface area contributed by atoms with Crippen molar-refractivity contribution in [1.82, 2.24) is 34.7 Å². The average molecular weight is 508 g/mol. The van der Waals surface area contributed by atoms with Crippen LogP contribution in [0.2, 0.25) is 0 Å². The molecule has 9 heteroatoms. The zero-order valence-electron chi connectivity index (χ0n) is 21.8. The van der Waals surface area contributed by atoms with Crippen LogP contribution in [0.4, 0.5) is 17.5 Å². The van der Waals surface area contributed by atoms with Crippen molar-refractivity contribution in [2.45, 2.75) is 38.5 Å². The third-order valence-electron chi connectivity index (χ3n) is 7.86. The summed E-state index contributed by atoms with van der Waals surface area (Å²) in [7, 11) is 1.98. The Balaban J connectivity index is 1.32. The Morgan fingerprint density at radius 3 is 2.39 bits per heavy atom. The van der Waals surface area contributed by atoms with Crippen molar-refractivity contribution in [2.24, 2.45) is 7.05 Å². The van der Waals surface area contributed by atoms with Crippen molar-refractivity contribution < 1.29 is 0 Å². The summed E-state index contributed by atoms with van der Waals surface area (Å²) >= 11 is 0. The second-order valence-corrected chi connectivity index (χ2v) is 10.4. The van der Waals surface area contributed by atoms with Gasteiger partial charge in [-0.3, -0.25) is 4.68 Å². The van der Waals surface area contributed by atoms with E-state index in [-0.39, 0.29) is 0 Å². The van der Waals surface area contributed by atoms with Crippen molar-refractivity contribution in [3.8, 4) is 11.1 Å². The van der Waals surface area contributed by atoms with E-state index in [1.165, 1.54) is 40.8 Å². The number of nitrogens with one attached hydrogen (secondary N) is 2. The van der Waals surface area contributed by atoms with Crippen LogP contribution in [0.5, 0.6) is 0 Å². The number of piperazine rings is 1. The van der Waals surface area contributed by atoms with Crippen LogP contribution in [0.15, 0.2) is 49.1 Å². The first kappa shape index (κ1) is 23.2. The number of fused-ring (bicyclic) bond motifs is 1. The highest BCUT2D eigenvalue weighted by Gasteiger charge is 2.28. The maximum Gasteiger partial charge on any atom is 0.246 e. The summed E-state index contributed by atoms with van der Waals surface area (Å²) in [6, 6.07) is 4.13. The molecule has 0 bridgehead atoms. The van der Waals surface area contributed by atoms with Gasteiger partial charge in [0.1, 0.15) is 5.82 Å². The number of allylic oxidation sites excluding steroid dienone is 4. The number of anilines is 3. The Bertz CT molecular complexity index is 1530. The fourth-order valence-electron chi connectivity index (χ4n) is 6.02. The number of hydrogen-bond acceptors (Lipinski definition) is 7. The minimum atomic E-state index is 0.541. The van der Waals surface area contributed by atoms with Crippen molar-refractivity contribution in [3.63, 3.8) is 0 Å². The maximum atomic E-state index is 5.05. The molecule has 0 radical (unpaired) electrons. The molecule has 38 heavy (non-hydrogen) atoms. The maximum absolute atomic E-state index is 5.05. The molecule has 7 rings (SSSR count). The Labute approximate surface area is 222 Å². The van der Waals surface area contributed by atoms with E-state index in [0.29, 0.717) is 5.95 Å². The van der Waals surface area contributed by atoms with Gasteiger partial charge in [-0.05, 0) is 61.8 Å². The second-order valence-electron chi connectivity index (χ2n) is 10.4. The summed E-state index contributed by atoms with van der Waals surface area (Å²) in [5, 5.41) is 16.3. The van der Waals surface area contributed by atoms with Crippen LogP contribution in [0.1, 0.15) is 49.8 Å². The normalized spacial score (nSPS) is 17.8.